The summed E-state index contributed by atoms with van der Waals surface area (Å²) < 4.78 is 5.36. The maximum absolute atomic E-state index is 12.3. The number of amides is 1. The van der Waals surface area contributed by atoms with E-state index < -0.39 is 17.8 Å². The van der Waals surface area contributed by atoms with Crippen LogP contribution in [0.4, 0.5) is 0 Å². The van der Waals surface area contributed by atoms with E-state index >= 15 is 0 Å². The van der Waals surface area contributed by atoms with Crippen molar-refractivity contribution in [2.75, 3.05) is 7.11 Å². The fourth-order valence-corrected chi connectivity index (χ4v) is 3.19. The first-order valence-electron chi connectivity index (χ1n) is 7.09. The smallest absolute Gasteiger partial charge is 0.307 e. The second-order valence-electron chi connectivity index (χ2n) is 6.34. The number of allylic oxidation sites excluding steroid dienone is 2. The Bertz CT molecular complexity index is 430. The predicted octanol–water partition coefficient (Wildman–Crippen LogP) is 1.58. The molecule has 0 bridgehead atoms. The first kappa shape index (κ1) is 15.0. The zero-order valence-corrected chi connectivity index (χ0v) is 12.3. The molecule has 0 aromatic rings. The topological polar surface area (TPSA) is 75.6 Å². The van der Waals surface area contributed by atoms with Gasteiger partial charge < -0.3 is 15.2 Å². The van der Waals surface area contributed by atoms with Gasteiger partial charge in [-0.2, -0.15) is 0 Å². The van der Waals surface area contributed by atoms with Crippen LogP contribution in [-0.2, 0) is 14.3 Å². The molecule has 2 aliphatic carbocycles. The van der Waals surface area contributed by atoms with Gasteiger partial charge in [-0.1, -0.05) is 26.0 Å². The van der Waals surface area contributed by atoms with E-state index in [2.05, 4.69) is 19.2 Å². The van der Waals surface area contributed by atoms with E-state index in [1.54, 1.807) is 7.11 Å². The highest BCUT2D eigenvalue weighted by molar-refractivity contribution is 5.85. The summed E-state index contributed by atoms with van der Waals surface area (Å²) in [5.41, 5.74) is -0.104. The first-order valence-corrected chi connectivity index (χ1v) is 7.09. The number of carbonyl (C=O) groups is 2. The van der Waals surface area contributed by atoms with Gasteiger partial charge in [0.25, 0.3) is 0 Å². The number of hydrogen-bond acceptors (Lipinski definition) is 3. The average Bonchev–Trinajstić information content (AvgIpc) is 2.42. The van der Waals surface area contributed by atoms with Gasteiger partial charge in [0.1, 0.15) is 0 Å². The van der Waals surface area contributed by atoms with Crippen LogP contribution in [0.3, 0.4) is 0 Å². The Hall–Kier alpha value is -1.36. The predicted molar refractivity (Wildman–Crippen MR) is 74.1 cm³/mol. The van der Waals surface area contributed by atoms with Gasteiger partial charge in [-0.15, -0.1) is 0 Å². The summed E-state index contributed by atoms with van der Waals surface area (Å²) in [6.07, 6.45) is 5.61. The van der Waals surface area contributed by atoms with Crippen LogP contribution >= 0.6 is 0 Å². The first-order chi connectivity index (χ1) is 9.37. The van der Waals surface area contributed by atoms with Crippen molar-refractivity contribution in [3.8, 4) is 0 Å². The third-order valence-corrected chi connectivity index (χ3v) is 4.87. The number of carboxylic acid groups (broad SMARTS) is 1. The van der Waals surface area contributed by atoms with Crippen LogP contribution in [0.25, 0.3) is 0 Å². The number of rotatable bonds is 4. The molecule has 0 aromatic heterocycles. The van der Waals surface area contributed by atoms with Crippen molar-refractivity contribution in [2.45, 2.75) is 45.3 Å². The zero-order chi connectivity index (χ0) is 14.9. The SMILES string of the molecule is COC1CC(NC(=O)C2CC=CCC2C(=O)O)C1(C)C. The normalized spacial score (nSPS) is 35.1. The summed E-state index contributed by atoms with van der Waals surface area (Å²) in [6, 6.07) is 0.0558. The fraction of sp³-hybridized carbons (Fsp3) is 0.733. The van der Waals surface area contributed by atoms with Crippen LogP contribution in [0.5, 0.6) is 0 Å². The van der Waals surface area contributed by atoms with E-state index in [0.29, 0.717) is 12.8 Å². The highest BCUT2D eigenvalue weighted by Gasteiger charge is 2.50. The van der Waals surface area contributed by atoms with Gasteiger partial charge in [-0.3, -0.25) is 9.59 Å². The van der Waals surface area contributed by atoms with Gasteiger partial charge in [0.2, 0.25) is 5.91 Å². The Labute approximate surface area is 119 Å². The van der Waals surface area contributed by atoms with Crippen molar-refractivity contribution >= 4 is 11.9 Å². The lowest BCUT2D eigenvalue weighted by Gasteiger charge is -2.51. The molecule has 0 aliphatic heterocycles. The molecule has 0 heterocycles. The Morgan fingerprint density at radius 3 is 2.35 bits per heavy atom. The number of nitrogens with one attached hydrogen (secondary N) is 1. The number of ether oxygens (including phenoxy) is 1. The van der Waals surface area contributed by atoms with Gasteiger partial charge >= 0.3 is 5.97 Å². The Balaban J connectivity index is 1.98. The molecular formula is C15H23NO4. The molecule has 4 unspecified atom stereocenters. The molecule has 0 aromatic carbocycles. The van der Waals surface area contributed by atoms with Crippen molar-refractivity contribution in [3.05, 3.63) is 12.2 Å². The van der Waals surface area contributed by atoms with Crippen LogP contribution in [-0.4, -0.2) is 36.2 Å². The number of aliphatic carboxylic acids is 1. The fourth-order valence-electron chi connectivity index (χ4n) is 3.19. The lowest BCUT2D eigenvalue weighted by molar-refractivity contribution is -0.149. The Morgan fingerprint density at radius 1 is 1.25 bits per heavy atom. The largest absolute Gasteiger partial charge is 0.481 e. The molecule has 5 heteroatoms. The number of carboxylic acids is 1. The van der Waals surface area contributed by atoms with Gasteiger partial charge in [0.05, 0.1) is 17.9 Å². The van der Waals surface area contributed by atoms with Crippen LogP contribution in [0.1, 0.15) is 33.1 Å². The van der Waals surface area contributed by atoms with E-state index in [1.165, 1.54) is 0 Å². The maximum atomic E-state index is 12.3. The standard InChI is InChI=1S/C15H23NO4/c1-15(2)11(8-12(15)20-3)16-13(17)9-6-4-5-7-10(9)14(18)19/h4-5,9-12H,6-8H2,1-3H3,(H,16,17)(H,18,19). The second kappa shape index (κ2) is 5.56. The lowest BCUT2D eigenvalue weighted by atomic mass is 9.64. The van der Waals surface area contributed by atoms with E-state index in [4.69, 9.17) is 4.74 Å². The van der Waals surface area contributed by atoms with Crippen molar-refractivity contribution in [1.82, 2.24) is 5.32 Å². The second-order valence-corrected chi connectivity index (χ2v) is 6.34. The summed E-state index contributed by atoms with van der Waals surface area (Å²) in [4.78, 5) is 23.6. The monoisotopic (exact) mass is 281 g/mol. The van der Waals surface area contributed by atoms with Gasteiger partial charge in [-0.25, -0.2) is 0 Å². The summed E-state index contributed by atoms with van der Waals surface area (Å²) in [7, 11) is 1.68. The van der Waals surface area contributed by atoms with E-state index in [-0.39, 0.29) is 23.5 Å². The lowest BCUT2D eigenvalue weighted by Crippen LogP contribution is -2.62. The van der Waals surface area contributed by atoms with Crippen LogP contribution in [0, 0.1) is 17.3 Å². The zero-order valence-electron chi connectivity index (χ0n) is 12.3. The van der Waals surface area contributed by atoms with Crippen molar-refractivity contribution in [1.29, 1.82) is 0 Å². The average molecular weight is 281 g/mol. The Morgan fingerprint density at radius 2 is 1.85 bits per heavy atom. The maximum Gasteiger partial charge on any atom is 0.307 e. The van der Waals surface area contributed by atoms with Crippen LogP contribution < -0.4 is 5.32 Å². The molecule has 0 spiro atoms. The quantitative estimate of drug-likeness (QED) is 0.767. The minimum Gasteiger partial charge on any atom is -0.481 e. The number of carbonyl (C=O) groups excluding carboxylic acids is 1. The van der Waals surface area contributed by atoms with Crippen LogP contribution in [0.2, 0.25) is 0 Å². The van der Waals surface area contributed by atoms with Crippen molar-refractivity contribution in [3.63, 3.8) is 0 Å². The Kier molecular flexibility index (Phi) is 4.18. The summed E-state index contributed by atoms with van der Waals surface area (Å²) in [5.74, 6) is -2.11. The van der Waals surface area contributed by atoms with E-state index in [1.807, 2.05) is 12.2 Å². The molecule has 2 N–H and O–H groups in total. The minimum atomic E-state index is -0.892. The van der Waals surface area contributed by atoms with Crippen molar-refractivity contribution < 1.29 is 19.4 Å². The summed E-state index contributed by atoms with van der Waals surface area (Å²) >= 11 is 0. The molecule has 5 nitrogen and oxygen atoms in total. The molecule has 0 saturated heterocycles. The molecule has 0 radical (unpaired) electrons. The summed E-state index contributed by atoms with van der Waals surface area (Å²) in [5, 5.41) is 12.2. The molecule has 20 heavy (non-hydrogen) atoms. The van der Waals surface area contributed by atoms with Crippen molar-refractivity contribution in [2.24, 2.45) is 17.3 Å². The highest BCUT2D eigenvalue weighted by atomic mass is 16.5. The molecule has 1 saturated carbocycles. The minimum absolute atomic E-state index is 0.0558. The van der Waals surface area contributed by atoms with Gasteiger partial charge in [0.15, 0.2) is 0 Å². The summed E-state index contributed by atoms with van der Waals surface area (Å²) in [6.45, 7) is 4.12. The number of hydrogen-bond donors (Lipinski definition) is 2. The molecule has 2 aliphatic rings. The van der Waals surface area contributed by atoms with E-state index in [0.717, 1.165) is 6.42 Å². The highest BCUT2D eigenvalue weighted by Crippen LogP contribution is 2.42. The molecule has 112 valence electrons. The molecular weight excluding hydrogens is 258 g/mol. The van der Waals surface area contributed by atoms with E-state index in [9.17, 15) is 14.7 Å². The molecule has 4 atom stereocenters. The van der Waals surface area contributed by atoms with Crippen LogP contribution in [0.15, 0.2) is 12.2 Å². The molecule has 1 fully saturated rings. The third kappa shape index (κ3) is 2.59. The molecule has 2 rings (SSSR count). The number of methoxy groups -OCH3 is 1. The van der Waals surface area contributed by atoms with Gasteiger partial charge in [-0.05, 0) is 19.3 Å². The molecule has 1 amide bonds. The van der Waals surface area contributed by atoms with Gasteiger partial charge in [0, 0.05) is 18.6 Å². The third-order valence-electron chi connectivity index (χ3n) is 4.87.